The van der Waals surface area contributed by atoms with Gasteiger partial charge in [0.05, 0.1) is 22.8 Å². The number of hydrogen-bond donors (Lipinski definition) is 2. The van der Waals surface area contributed by atoms with Crippen molar-refractivity contribution in [3.05, 3.63) is 40.6 Å². The molecule has 1 heterocycles. The number of anilines is 2. The number of nitrogens with one attached hydrogen (secondary N) is 1. The number of sulfonamides is 1. The second kappa shape index (κ2) is 9.32. The predicted molar refractivity (Wildman–Crippen MR) is 111 cm³/mol. The summed E-state index contributed by atoms with van der Waals surface area (Å²) in [6.45, 7) is 6.31. The van der Waals surface area contributed by atoms with Crippen molar-refractivity contribution >= 4 is 38.6 Å². The average Bonchev–Trinajstić information content (AvgIpc) is 3.08. The van der Waals surface area contributed by atoms with E-state index in [9.17, 15) is 13.2 Å². The number of thiophene rings is 1. The van der Waals surface area contributed by atoms with Crippen molar-refractivity contribution in [2.45, 2.75) is 25.3 Å². The van der Waals surface area contributed by atoms with Crippen LogP contribution in [0.25, 0.3) is 0 Å². The lowest BCUT2D eigenvalue weighted by Gasteiger charge is -2.25. The Morgan fingerprint density at radius 2 is 1.93 bits per heavy atom. The highest BCUT2D eigenvalue weighted by Gasteiger charge is 2.17. The molecule has 0 atom stereocenters. The minimum Gasteiger partial charge on any atom is -0.370 e. The molecule has 1 amide bonds. The van der Waals surface area contributed by atoms with Crippen LogP contribution >= 0.6 is 11.3 Å². The molecule has 0 radical (unpaired) electrons. The summed E-state index contributed by atoms with van der Waals surface area (Å²) in [5.74, 6) is -0.214. The van der Waals surface area contributed by atoms with Gasteiger partial charge in [0.15, 0.2) is 0 Å². The highest BCUT2D eigenvalue weighted by atomic mass is 32.2. The van der Waals surface area contributed by atoms with Crippen LogP contribution in [0.4, 0.5) is 11.4 Å². The van der Waals surface area contributed by atoms with Crippen molar-refractivity contribution in [3.8, 4) is 0 Å². The highest BCUT2D eigenvalue weighted by molar-refractivity contribution is 7.89. The number of nitrogens with two attached hydrogens (primary N) is 1. The zero-order chi connectivity index (χ0) is 20.0. The van der Waals surface area contributed by atoms with E-state index in [0.29, 0.717) is 12.2 Å². The van der Waals surface area contributed by atoms with Crippen LogP contribution in [0.5, 0.6) is 0 Å². The number of primary sulfonamides is 1. The molecule has 27 heavy (non-hydrogen) atoms. The summed E-state index contributed by atoms with van der Waals surface area (Å²) < 4.78 is 23.4. The number of likely N-dealkylation sites (N-methyl/N-ethyl adjacent to an activating group) is 1. The average molecular weight is 411 g/mol. The van der Waals surface area contributed by atoms with E-state index in [-0.39, 0.29) is 17.3 Å². The van der Waals surface area contributed by atoms with E-state index in [4.69, 9.17) is 5.14 Å². The molecule has 0 saturated carbocycles. The van der Waals surface area contributed by atoms with Gasteiger partial charge >= 0.3 is 0 Å². The third kappa shape index (κ3) is 6.03. The van der Waals surface area contributed by atoms with Crippen molar-refractivity contribution < 1.29 is 13.2 Å². The summed E-state index contributed by atoms with van der Waals surface area (Å²) in [6, 6.07) is 8.55. The monoisotopic (exact) mass is 410 g/mol. The lowest BCUT2D eigenvalue weighted by Crippen LogP contribution is -2.31. The molecule has 7 nitrogen and oxygen atoms in total. The molecule has 1 aromatic heterocycles. The number of amides is 1. The molecule has 0 bridgehead atoms. The molecule has 1 aromatic carbocycles. The molecule has 2 rings (SSSR count). The maximum Gasteiger partial charge on any atom is 0.238 e. The van der Waals surface area contributed by atoms with Crippen LogP contribution in [-0.4, -0.2) is 45.9 Å². The molecule has 0 unspecified atom stereocenters. The summed E-state index contributed by atoms with van der Waals surface area (Å²) in [7, 11) is -1.99. The fraction of sp³-hybridized carbons (Fsp3) is 0.389. The molecule has 0 spiro atoms. The molecular weight excluding hydrogens is 384 g/mol. The van der Waals surface area contributed by atoms with Gasteiger partial charge in [-0.05, 0) is 50.5 Å². The lowest BCUT2D eigenvalue weighted by atomic mass is 10.2. The Morgan fingerprint density at radius 3 is 2.48 bits per heavy atom. The van der Waals surface area contributed by atoms with Gasteiger partial charge < -0.3 is 10.2 Å². The van der Waals surface area contributed by atoms with E-state index in [1.165, 1.54) is 17.0 Å². The SMILES string of the molecule is CCN(CC)c1ccc(S(N)(=O)=O)cc1NC(=O)CN(C)Cc1cccs1. The first kappa shape index (κ1) is 21.4. The van der Waals surface area contributed by atoms with Gasteiger partial charge in [0.1, 0.15) is 0 Å². The lowest BCUT2D eigenvalue weighted by molar-refractivity contribution is -0.117. The minimum absolute atomic E-state index is 0.0272. The van der Waals surface area contributed by atoms with Gasteiger partial charge in [0, 0.05) is 24.5 Å². The maximum absolute atomic E-state index is 12.5. The van der Waals surface area contributed by atoms with Gasteiger partial charge in [-0.15, -0.1) is 11.3 Å². The van der Waals surface area contributed by atoms with E-state index in [1.54, 1.807) is 17.4 Å². The third-order valence-corrected chi connectivity index (χ3v) is 5.87. The summed E-state index contributed by atoms with van der Waals surface area (Å²) in [6.07, 6.45) is 0. The number of hydrogen-bond acceptors (Lipinski definition) is 6. The van der Waals surface area contributed by atoms with Crippen LogP contribution in [0.2, 0.25) is 0 Å². The van der Waals surface area contributed by atoms with Gasteiger partial charge in [-0.2, -0.15) is 0 Å². The molecule has 0 aliphatic heterocycles. The largest absolute Gasteiger partial charge is 0.370 e. The van der Waals surface area contributed by atoms with E-state index < -0.39 is 10.0 Å². The first-order valence-corrected chi connectivity index (χ1v) is 11.1. The van der Waals surface area contributed by atoms with Crippen molar-refractivity contribution in [1.82, 2.24) is 4.90 Å². The molecular formula is C18H26N4O3S2. The second-order valence-corrected chi connectivity index (χ2v) is 8.79. The molecule has 0 saturated heterocycles. The molecule has 2 aromatic rings. The Hall–Kier alpha value is -1.94. The Labute approximate surface area is 164 Å². The molecule has 3 N–H and O–H groups in total. The fourth-order valence-electron chi connectivity index (χ4n) is 2.79. The fourth-order valence-corrected chi connectivity index (χ4v) is 4.12. The second-order valence-electron chi connectivity index (χ2n) is 6.20. The zero-order valence-electron chi connectivity index (χ0n) is 15.8. The van der Waals surface area contributed by atoms with Crippen molar-refractivity contribution in [2.24, 2.45) is 5.14 Å². The quantitative estimate of drug-likeness (QED) is 0.661. The number of carbonyl (C=O) groups is 1. The van der Waals surface area contributed by atoms with Gasteiger partial charge in [-0.25, -0.2) is 13.6 Å². The Bertz CT molecular complexity index is 863. The zero-order valence-corrected chi connectivity index (χ0v) is 17.4. The third-order valence-electron chi connectivity index (χ3n) is 4.09. The summed E-state index contributed by atoms with van der Waals surface area (Å²) in [5, 5.41) is 10.1. The number of nitrogens with zero attached hydrogens (tertiary/aromatic N) is 2. The van der Waals surface area contributed by atoms with Crippen LogP contribution in [0, 0.1) is 0 Å². The van der Waals surface area contributed by atoms with E-state index in [1.807, 2.05) is 48.2 Å². The maximum atomic E-state index is 12.5. The van der Waals surface area contributed by atoms with E-state index in [2.05, 4.69) is 5.32 Å². The van der Waals surface area contributed by atoms with Gasteiger partial charge in [0.2, 0.25) is 15.9 Å². The number of rotatable bonds is 9. The van der Waals surface area contributed by atoms with Crippen molar-refractivity contribution in [3.63, 3.8) is 0 Å². The normalized spacial score (nSPS) is 11.6. The Kier molecular flexibility index (Phi) is 7.37. The smallest absolute Gasteiger partial charge is 0.238 e. The van der Waals surface area contributed by atoms with Gasteiger partial charge in [0.25, 0.3) is 0 Å². The number of benzene rings is 1. The minimum atomic E-state index is -3.85. The molecule has 0 aliphatic rings. The molecule has 148 valence electrons. The summed E-state index contributed by atoms with van der Waals surface area (Å²) >= 11 is 1.64. The number of carbonyl (C=O) groups excluding carboxylic acids is 1. The van der Waals surface area contributed by atoms with Crippen molar-refractivity contribution in [1.29, 1.82) is 0 Å². The van der Waals surface area contributed by atoms with Crippen LogP contribution in [0.3, 0.4) is 0 Å². The van der Waals surface area contributed by atoms with Crippen LogP contribution in [0.1, 0.15) is 18.7 Å². The Balaban J connectivity index is 2.19. The molecule has 0 fully saturated rings. The van der Waals surface area contributed by atoms with Gasteiger partial charge in [-0.3, -0.25) is 9.69 Å². The van der Waals surface area contributed by atoms with Crippen LogP contribution < -0.4 is 15.4 Å². The van der Waals surface area contributed by atoms with E-state index in [0.717, 1.165) is 18.8 Å². The summed E-state index contributed by atoms with van der Waals surface area (Å²) in [5.41, 5.74) is 1.21. The van der Waals surface area contributed by atoms with Gasteiger partial charge in [-0.1, -0.05) is 6.07 Å². The first-order valence-electron chi connectivity index (χ1n) is 8.67. The highest BCUT2D eigenvalue weighted by Crippen LogP contribution is 2.28. The van der Waals surface area contributed by atoms with Crippen molar-refractivity contribution in [2.75, 3.05) is 36.9 Å². The molecule has 9 heteroatoms. The molecule has 0 aliphatic carbocycles. The summed E-state index contributed by atoms with van der Waals surface area (Å²) in [4.78, 5) is 17.6. The standard InChI is InChI=1S/C18H26N4O3S2/c1-4-22(5-2)17-9-8-15(27(19,24)25)11-16(17)20-18(23)13-21(3)12-14-7-6-10-26-14/h6-11H,4-5,12-13H2,1-3H3,(H,20,23)(H2,19,24,25). The van der Waals surface area contributed by atoms with Crippen LogP contribution in [0.15, 0.2) is 40.6 Å². The van der Waals surface area contributed by atoms with E-state index >= 15 is 0 Å². The Morgan fingerprint density at radius 1 is 1.22 bits per heavy atom. The first-order chi connectivity index (χ1) is 12.7. The predicted octanol–water partition coefficient (Wildman–Crippen LogP) is 2.31. The van der Waals surface area contributed by atoms with Crippen LogP contribution in [-0.2, 0) is 21.4 Å². The topological polar surface area (TPSA) is 95.7 Å².